The Morgan fingerprint density at radius 3 is 2.71 bits per heavy atom. The average molecular weight is 355 g/mol. The summed E-state index contributed by atoms with van der Waals surface area (Å²) in [4.78, 5) is 21.6. The van der Waals surface area contributed by atoms with Crippen LogP contribution in [0.4, 0.5) is 10.5 Å². The summed E-state index contributed by atoms with van der Waals surface area (Å²) in [6.45, 7) is 5.37. The van der Waals surface area contributed by atoms with E-state index in [9.17, 15) is 14.9 Å². The monoisotopic (exact) mass is 354 g/mol. The van der Waals surface area contributed by atoms with Gasteiger partial charge in [0, 0.05) is 22.2 Å². The molecule has 7 heteroatoms. The second kappa shape index (κ2) is 7.09. The summed E-state index contributed by atoms with van der Waals surface area (Å²) in [5.41, 5.74) is -0.126. The van der Waals surface area contributed by atoms with Crippen molar-refractivity contribution in [2.24, 2.45) is 0 Å². The average Bonchev–Trinajstić information content (AvgIpc) is 2.34. The summed E-state index contributed by atoms with van der Waals surface area (Å²) in [5.74, 6) is 5.47. The van der Waals surface area contributed by atoms with Gasteiger partial charge < -0.3 is 10.1 Å². The van der Waals surface area contributed by atoms with Crippen LogP contribution < -0.4 is 5.32 Å². The third-order valence-electron chi connectivity index (χ3n) is 2.10. The molecule has 0 heterocycles. The van der Waals surface area contributed by atoms with Gasteiger partial charge >= 0.3 is 6.09 Å². The van der Waals surface area contributed by atoms with E-state index in [1.807, 2.05) is 0 Å². The van der Waals surface area contributed by atoms with Gasteiger partial charge in [0.2, 0.25) is 0 Å². The van der Waals surface area contributed by atoms with Gasteiger partial charge in [-0.1, -0.05) is 11.8 Å². The normalized spacial score (nSPS) is 10.3. The van der Waals surface area contributed by atoms with E-state index < -0.39 is 16.6 Å². The lowest BCUT2D eigenvalue weighted by molar-refractivity contribution is -0.384. The van der Waals surface area contributed by atoms with Gasteiger partial charge in [0.15, 0.2) is 0 Å². The number of nitro benzene ring substituents is 1. The van der Waals surface area contributed by atoms with Crippen LogP contribution in [0.5, 0.6) is 0 Å². The van der Waals surface area contributed by atoms with Gasteiger partial charge in [0.05, 0.1) is 11.5 Å². The number of non-ortho nitro benzene ring substituents is 1. The number of hydrogen-bond donors (Lipinski definition) is 1. The number of carbonyl (C=O) groups excluding carboxylic acids is 1. The molecule has 0 saturated carbocycles. The Hall–Kier alpha value is -2.07. The molecular formula is C14H15BrN2O4. The van der Waals surface area contributed by atoms with Gasteiger partial charge in [-0.05, 0) is 42.8 Å². The molecule has 1 aromatic carbocycles. The van der Waals surface area contributed by atoms with Crippen molar-refractivity contribution in [3.8, 4) is 11.8 Å². The number of nitrogens with one attached hydrogen (secondary N) is 1. The molecule has 21 heavy (non-hydrogen) atoms. The van der Waals surface area contributed by atoms with Crippen molar-refractivity contribution in [1.82, 2.24) is 5.32 Å². The largest absolute Gasteiger partial charge is 0.444 e. The van der Waals surface area contributed by atoms with Crippen molar-refractivity contribution >= 4 is 27.7 Å². The van der Waals surface area contributed by atoms with Gasteiger partial charge in [-0.25, -0.2) is 4.79 Å². The zero-order valence-corrected chi connectivity index (χ0v) is 13.5. The molecule has 0 aromatic heterocycles. The maximum Gasteiger partial charge on any atom is 0.408 e. The first-order valence-corrected chi connectivity index (χ1v) is 6.88. The smallest absolute Gasteiger partial charge is 0.408 e. The summed E-state index contributed by atoms with van der Waals surface area (Å²) < 4.78 is 5.70. The lowest BCUT2D eigenvalue weighted by Crippen LogP contribution is -2.32. The first-order chi connectivity index (χ1) is 9.69. The molecule has 0 aliphatic rings. The Morgan fingerprint density at radius 2 is 2.14 bits per heavy atom. The molecule has 1 rings (SSSR count). The summed E-state index contributed by atoms with van der Waals surface area (Å²) in [6.07, 6.45) is -0.560. The van der Waals surface area contributed by atoms with Crippen LogP contribution in [0.25, 0.3) is 0 Å². The minimum atomic E-state index is -0.569. The molecule has 112 valence electrons. The van der Waals surface area contributed by atoms with Crippen LogP contribution in [0.15, 0.2) is 22.7 Å². The maximum atomic E-state index is 11.4. The third kappa shape index (κ3) is 6.27. The van der Waals surface area contributed by atoms with Crippen molar-refractivity contribution in [3.63, 3.8) is 0 Å². The van der Waals surface area contributed by atoms with Gasteiger partial charge in [-0.3, -0.25) is 10.1 Å². The SMILES string of the molecule is CC(C)(C)OC(=O)NCC#Cc1cc([N+](=O)[O-])ccc1Br. The van der Waals surface area contributed by atoms with Gasteiger partial charge in [-0.15, -0.1) is 0 Å². The van der Waals surface area contributed by atoms with Crippen LogP contribution in [0.3, 0.4) is 0 Å². The van der Waals surface area contributed by atoms with E-state index in [0.717, 1.165) is 0 Å². The number of nitro groups is 1. The molecule has 0 atom stereocenters. The van der Waals surface area contributed by atoms with E-state index in [1.54, 1.807) is 26.8 Å². The highest BCUT2D eigenvalue weighted by Crippen LogP contribution is 2.21. The molecule has 0 unspecified atom stereocenters. The van der Waals surface area contributed by atoms with Gasteiger partial charge in [0.25, 0.3) is 5.69 Å². The number of ether oxygens (including phenoxy) is 1. The van der Waals surface area contributed by atoms with Crippen LogP contribution in [0, 0.1) is 22.0 Å². The molecule has 0 aliphatic heterocycles. The minimum Gasteiger partial charge on any atom is -0.444 e. The number of amides is 1. The zero-order chi connectivity index (χ0) is 16.0. The van der Waals surface area contributed by atoms with Crippen LogP contribution in [0.1, 0.15) is 26.3 Å². The van der Waals surface area contributed by atoms with Gasteiger partial charge in [-0.2, -0.15) is 0 Å². The zero-order valence-electron chi connectivity index (χ0n) is 11.9. The first-order valence-electron chi connectivity index (χ1n) is 6.09. The number of carbonyl (C=O) groups is 1. The second-order valence-corrected chi connectivity index (χ2v) is 5.93. The highest BCUT2D eigenvalue weighted by Gasteiger charge is 2.15. The minimum absolute atomic E-state index is 0.0393. The quantitative estimate of drug-likeness (QED) is 0.502. The lowest BCUT2D eigenvalue weighted by Gasteiger charge is -2.18. The standard InChI is InChI=1S/C14H15BrN2O4/c1-14(2,3)21-13(18)16-8-4-5-10-9-11(17(19)20)6-7-12(10)15/h6-7,9H,8H2,1-3H3,(H,16,18). The van der Waals surface area contributed by atoms with E-state index >= 15 is 0 Å². The second-order valence-electron chi connectivity index (χ2n) is 5.08. The summed E-state index contributed by atoms with van der Waals surface area (Å²) in [7, 11) is 0. The van der Waals surface area contributed by atoms with Crippen molar-refractivity contribution in [1.29, 1.82) is 0 Å². The molecule has 0 fully saturated rings. The van der Waals surface area contributed by atoms with Crippen LogP contribution in [-0.2, 0) is 4.74 Å². The molecule has 0 spiro atoms. The fourth-order valence-electron chi connectivity index (χ4n) is 1.29. The molecule has 1 aromatic rings. The summed E-state index contributed by atoms with van der Waals surface area (Å²) in [5, 5.41) is 13.2. The van der Waals surface area contributed by atoms with Crippen molar-refractivity contribution < 1.29 is 14.5 Å². The summed E-state index contributed by atoms with van der Waals surface area (Å²) in [6, 6.07) is 4.31. The molecule has 1 N–H and O–H groups in total. The van der Waals surface area contributed by atoms with E-state index in [0.29, 0.717) is 10.0 Å². The number of benzene rings is 1. The Morgan fingerprint density at radius 1 is 1.48 bits per heavy atom. The maximum absolute atomic E-state index is 11.4. The van der Waals surface area contributed by atoms with Gasteiger partial charge in [0.1, 0.15) is 5.60 Å². The van der Waals surface area contributed by atoms with E-state index in [4.69, 9.17) is 4.74 Å². The fourth-order valence-corrected chi connectivity index (χ4v) is 1.64. The summed E-state index contributed by atoms with van der Waals surface area (Å²) >= 11 is 3.26. The molecule has 6 nitrogen and oxygen atoms in total. The topological polar surface area (TPSA) is 81.5 Å². The van der Waals surface area contributed by atoms with E-state index in [-0.39, 0.29) is 12.2 Å². The number of rotatable bonds is 2. The molecule has 0 saturated heterocycles. The number of hydrogen-bond acceptors (Lipinski definition) is 4. The highest BCUT2D eigenvalue weighted by atomic mass is 79.9. The fraction of sp³-hybridized carbons (Fsp3) is 0.357. The van der Waals surface area contributed by atoms with E-state index in [2.05, 4.69) is 33.1 Å². The Labute approximate surface area is 131 Å². The Balaban J connectivity index is 2.65. The number of nitrogens with zero attached hydrogens (tertiary/aromatic N) is 1. The lowest BCUT2D eigenvalue weighted by atomic mass is 10.2. The van der Waals surface area contributed by atoms with Crippen molar-refractivity contribution in [2.45, 2.75) is 26.4 Å². The third-order valence-corrected chi connectivity index (χ3v) is 2.80. The number of halogens is 1. The predicted octanol–water partition coefficient (Wildman–Crippen LogP) is 3.23. The molecule has 0 aliphatic carbocycles. The van der Waals surface area contributed by atoms with Crippen LogP contribution in [-0.4, -0.2) is 23.2 Å². The van der Waals surface area contributed by atoms with Crippen molar-refractivity contribution in [2.75, 3.05) is 6.54 Å². The van der Waals surface area contributed by atoms with Crippen molar-refractivity contribution in [3.05, 3.63) is 38.3 Å². The molecule has 0 bridgehead atoms. The van der Waals surface area contributed by atoms with E-state index in [1.165, 1.54) is 12.1 Å². The highest BCUT2D eigenvalue weighted by molar-refractivity contribution is 9.10. The Kier molecular flexibility index (Phi) is 5.73. The van der Waals surface area contributed by atoms with Crippen LogP contribution >= 0.6 is 15.9 Å². The van der Waals surface area contributed by atoms with Crippen LogP contribution in [0.2, 0.25) is 0 Å². The molecule has 1 amide bonds. The molecule has 0 radical (unpaired) electrons. The predicted molar refractivity (Wildman–Crippen MR) is 81.9 cm³/mol. The first kappa shape index (κ1) is 17.0. The molecular weight excluding hydrogens is 340 g/mol. The number of alkyl carbamates (subject to hydrolysis) is 1. The Bertz CT molecular complexity index is 612.